The Labute approximate surface area is 122 Å². The molecule has 0 aliphatic carbocycles. The molecule has 0 atom stereocenters. The minimum Gasteiger partial charge on any atom is -0.380 e. The standard InChI is InChI=1S/C16H27NO3/c1-4-19-16(20-5-2)9-10-17-12-14-7-6-8-15(11-14)13-18-3/h6-8,11,16-17H,4-5,9-10,12-13H2,1-3H3. The highest BCUT2D eigenvalue weighted by Gasteiger charge is 2.06. The average Bonchev–Trinajstić information content (AvgIpc) is 2.45. The molecule has 0 heterocycles. The first-order valence-electron chi connectivity index (χ1n) is 7.30. The third kappa shape index (κ3) is 7.01. The molecule has 0 unspecified atom stereocenters. The van der Waals surface area contributed by atoms with Gasteiger partial charge in [-0.1, -0.05) is 24.3 Å². The number of ether oxygens (including phenoxy) is 3. The zero-order chi connectivity index (χ0) is 14.6. The average molecular weight is 281 g/mol. The molecule has 0 saturated heterocycles. The van der Waals surface area contributed by atoms with Crippen LogP contribution in [0.1, 0.15) is 31.4 Å². The van der Waals surface area contributed by atoms with Crippen molar-refractivity contribution >= 4 is 0 Å². The zero-order valence-electron chi connectivity index (χ0n) is 12.9. The van der Waals surface area contributed by atoms with Crippen molar-refractivity contribution < 1.29 is 14.2 Å². The predicted molar refractivity (Wildman–Crippen MR) is 80.5 cm³/mol. The monoisotopic (exact) mass is 281 g/mol. The van der Waals surface area contributed by atoms with E-state index in [0.29, 0.717) is 19.8 Å². The van der Waals surface area contributed by atoms with E-state index in [1.807, 2.05) is 13.8 Å². The van der Waals surface area contributed by atoms with Crippen molar-refractivity contribution in [1.29, 1.82) is 0 Å². The lowest BCUT2D eigenvalue weighted by atomic mass is 10.1. The Bertz CT molecular complexity index is 351. The first-order chi connectivity index (χ1) is 9.80. The van der Waals surface area contributed by atoms with Crippen molar-refractivity contribution in [2.75, 3.05) is 26.9 Å². The molecule has 0 fully saturated rings. The lowest BCUT2D eigenvalue weighted by Crippen LogP contribution is -2.24. The van der Waals surface area contributed by atoms with E-state index in [0.717, 1.165) is 19.5 Å². The van der Waals surface area contributed by atoms with E-state index in [-0.39, 0.29) is 6.29 Å². The SMILES string of the molecule is CCOC(CCNCc1cccc(COC)c1)OCC. The third-order valence-corrected chi connectivity index (χ3v) is 2.89. The second-order valence-electron chi connectivity index (χ2n) is 4.56. The largest absolute Gasteiger partial charge is 0.380 e. The summed E-state index contributed by atoms with van der Waals surface area (Å²) in [5.74, 6) is 0. The zero-order valence-corrected chi connectivity index (χ0v) is 12.9. The predicted octanol–water partition coefficient (Wildman–Crippen LogP) is 2.71. The van der Waals surface area contributed by atoms with E-state index < -0.39 is 0 Å². The molecule has 1 aromatic rings. The van der Waals surface area contributed by atoms with Crippen LogP contribution >= 0.6 is 0 Å². The van der Waals surface area contributed by atoms with Crippen molar-refractivity contribution in [3.05, 3.63) is 35.4 Å². The van der Waals surface area contributed by atoms with Gasteiger partial charge in [-0.15, -0.1) is 0 Å². The number of hydrogen-bond acceptors (Lipinski definition) is 4. The molecule has 0 bridgehead atoms. The van der Waals surface area contributed by atoms with Gasteiger partial charge in [0, 0.05) is 39.8 Å². The molecular weight excluding hydrogens is 254 g/mol. The number of benzene rings is 1. The van der Waals surface area contributed by atoms with Crippen LogP contribution in [-0.4, -0.2) is 33.2 Å². The van der Waals surface area contributed by atoms with Crippen LogP contribution in [0.25, 0.3) is 0 Å². The van der Waals surface area contributed by atoms with Crippen LogP contribution in [0.15, 0.2) is 24.3 Å². The Morgan fingerprint density at radius 1 is 1.10 bits per heavy atom. The maximum absolute atomic E-state index is 5.51. The highest BCUT2D eigenvalue weighted by molar-refractivity contribution is 5.22. The number of methoxy groups -OCH3 is 1. The Morgan fingerprint density at radius 3 is 2.45 bits per heavy atom. The fraction of sp³-hybridized carbons (Fsp3) is 0.625. The summed E-state index contributed by atoms with van der Waals surface area (Å²) in [6, 6.07) is 8.43. The quantitative estimate of drug-likeness (QED) is 0.500. The van der Waals surface area contributed by atoms with Crippen LogP contribution in [0.5, 0.6) is 0 Å². The number of nitrogens with one attached hydrogen (secondary N) is 1. The van der Waals surface area contributed by atoms with Gasteiger partial charge >= 0.3 is 0 Å². The molecule has 1 N–H and O–H groups in total. The fourth-order valence-electron chi connectivity index (χ4n) is 2.04. The molecule has 4 nitrogen and oxygen atoms in total. The van der Waals surface area contributed by atoms with Crippen molar-refractivity contribution in [1.82, 2.24) is 5.32 Å². The van der Waals surface area contributed by atoms with Crippen LogP contribution in [0.4, 0.5) is 0 Å². The highest BCUT2D eigenvalue weighted by Crippen LogP contribution is 2.06. The molecule has 0 aliphatic rings. The highest BCUT2D eigenvalue weighted by atomic mass is 16.7. The maximum atomic E-state index is 5.51. The molecule has 0 aliphatic heterocycles. The minimum atomic E-state index is -0.0997. The topological polar surface area (TPSA) is 39.7 Å². The molecule has 4 heteroatoms. The molecule has 0 saturated carbocycles. The van der Waals surface area contributed by atoms with Gasteiger partial charge in [0.25, 0.3) is 0 Å². The van der Waals surface area contributed by atoms with E-state index in [9.17, 15) is 0 Å². The lowest BCUT2D eigenvalue weighted by Gasteiger charge is -2.17. The summed E-state index contributed by atoms with van der Waals surface area (Å²) in [7, 11) is 1.71. The Hall–Kier alpha value is -0.940. The summed E-state index contributed by atoms with van der Waals surface area (Å²) in [4.78, 5) is 0. The second kappa shape index (κ2) is 10.8. The fourth-order valence-corrected chi connectivity index (χ4v) is 2.04. The molecule has 1 rings (SSSR count). The molecule has 0 amide bonds. The van der Waals surface area contributed by atoms with E-state index >= 15 is 0 Å². The van der Waals surface area contributed by atoms with E-state index in [1.54, 1.807) is 7.11 Å². The van der Waals surface area contributed by atoms with Gasteiger partial charge in [-0.2, -0.15) is 0 Å². The first-order valence-corrected chi connectivity index (χ1v) is 7.30. The second-order valence-corrected chi connectivity index (χ2v) is 4.56. The van der Waals surface area contributed by atoms with Gasteiger partial charge in [0.1, 0.15) is 0 Å². The summed E-state index contributed by atoms with van der Waals surface area (Å²) in [5.41, 5.74) is 2.47. The molecule has 0 spiro atoms. The molecular formula is C16H27NO3. The summed E-state index contributed by atoms with van der Waals surface area (Å²) in [5, 5.41) is 3.42. The summed E-state index contributed by atoms with van der Waals surface area (Å²) < 4.78 is 16.2. The minimum absolute atomic E-state index is 0.0997. The summed E-state index contributed by atoms with van der Waals surface area (Å²) >= 11 is 0. The smallest absolute Gasteiger partial charge is 0.158 e. The van der Waals surface area contributed by atoms with Crippen LogP contribution in [0, 0.1) is 0 Å². The van der Waals surface area contributed by atoms with E-state index in [1.165, 1.54) is 11.1 Å². The number of rotatable bonds is 11. The first kappa shape index (κ1) is 17.1. The normalized spacial score (nSPS) is 11.2. The van der Waals surface area contributed by atoms with Crippen molar-refractivity contribution in [2.45, 2.75) is 39.7 Å². The van der Waals surface area contributed by atoms with Gasteiger partial charge in [0.15, 0.2) is 6.29 Å². The Morgan fingerprint density at radius 2 is 1.80 bits per heavy atom. The summed E-state index contributed by atoms with van der Waals surface area (Å²) in [6.07, 6.45) is 0.761. The molecule has 0 aromatic heterocycles. The van der Waals surface area contributed by atoms with Gasteiger partial charge in [-0.3, -0.25) is 0 Å². The van der Waals surface area contributed by atoms with E-state index in [4.69, 9.17) is 14.2 Å². The molecule has 1 aromatic carbocycles. The van der Waals surface area contributed by atoms with Crippen molar-refractivity contribution in [2.24, 2.45) is 0 Å². The van der Waals surface area contributed by atoms with Crippen LogP contribution in [0.2, 0.25) is 0 Å². The van der Waals surface area contributed by atoms with Crippen molar-refractivity contribution in [3.8, 4) is 0 Å². The molecule has 20 heavy (non-hydrogen) atoms. The van der Waals surface area contributed by atoms with Crippen LogP contribution in [-0.2, 0) is 27.4 Å². The Kier molecular flexibility index (Phi) is 9.24. The third-order valence-electron chi connectivity index (χ3n) is 2.89. The van der Waals surface area contributed by atoms with Gasteiger partial charge in [-0.25, -0.2) is 0 Å². The lowest BCUT2D eigenvalue weighted by molar-refractivity contribution is -0.138. The van der Waals surface area contributed by atoms with Crippen LogP contribution in [0.3, 0.4) is 0 Å². The van der Waals surface area contributed by atoms with Gasteiger partial charge in [-0.05, 0) is 25.0 Å². The van der Waals surface area contributed by atoms with E-state index in [2.05, 4.69) is 29.6 Å². The van der Waals surface area contributed by atoms with Gasteiger partial charge in [0.05, 0.1) is 6.61 Å². The van der Waals surface area contributed by atoms with Crippen LogP contribution < -0.4 is 5.32 Å². The van der Waals surface area contributed by atoms with Gasteiger partial charge in [0.2, 0.25) is 0 Å². The number of hydrogen-bond donors (Lipinski definition) is 1. The van der Waals surface area contributed by atoms with Gasteiger partial charge < -0.3 is 19.5 Å². The summed E-state index contributed by atoms with van der Waals surface area (Å²) in [6.45, 7) is 7.72. The Balaban J connectivity index is 2.27. The molecule has 114 valence electrons. The molecule has 0 radical (unpaired) electrons. The van der Waals surface area contributed by atoms with Crippen molar-refractivity contribution in [3.63, 3.8) is 0 Å². The maximum Gasteiger partial charge on any atom is 0.158 e.